The van der Waals surface area contributed by atoms with Gasteiger partial charge in [0.05, 0.1) is 0 Å². The standard InChI is InChI=1S/4C6H8O2.Zr/c4*1-2-3-4-5-6(7)8;/h4*2-5H,1H3,(H,7,8);/b4*3-2+,5-4+;. The van der Waals surface area contributed by atoms with Crippen molar-refractivity contribution in [1.82, 2.24) is 0 Å². The first-order chi connectivity index (χ1) is 15.1. The molecule has 0 amide bonds. The van der Waals surface area contributed by atoms with Crippen LogP contribution in [0.5, 0.6) is 0 Å². The van der Waals surface area contributed by atoms with Crippen LogP contribution < -0.4 is 0 Å². The van der Waals surface area contributed by atoms with E-state index >= 15 is 0 Å². The van der Waals surface area contributed by atoms with E-state index in [-0.39, 0.29) is 26.2 Å². The zero-order valence-electron chi connectivity index (χ0n) is 19.2. The smallest absolute Gasteiger partial charge is 0.328 e. The predicted octanol–water partition coefficient (Wildman–Crippen LogP) is 4.81. The molecule has 0 rings (SSSR count). The monoisotopic (exact) mass is 538 g/mol. The molecule has 0 saturated carbocycles. The number of rotatable bonds is 8. The molecule has 0 aliphatic heterocycles. The third-order valence-electron chi connectivity index (χ3n) is 2.17. The van der Waals surface area contributed by atoms with Gasteiger partial charge in [0, 0.05) is 50.5 Å². The van der Waals surface area contributed by atoms with Crippen LogP contribution in [0.1, 0.15) is 27.7 Å². The van der Waals surface area contributed by atoms with Crippen molar-refractivity contribution in [3.05, 3.63) is 97.2 Å². The molecule has 0 radical (unpaired) electrons. The molecule has 0 atom stereocenters. The van der Waals surface area contributed by atoms with Crippen LogP contribution in [0.4, 0.5) is 0 Å². The molecule has 0 aliphatic rings. The van der Waals surface area contributed by atoms with Crippen LogP contribution in [-0.2, 0) is 45.4 Å². The Morgan fingerprint density at radius 3 is 0.636 bits per heavy atom. The van der Waals surface area contributed by atoms with Crippen molar-refractivity contribution in [2.24, 2.45) is 0 Å². The Kier molecular flexibility index (Phi) is 43.8. The molecule has 180 valence electrons. The Labute approximate surface area is 214 Å². The van der Waals surface area contributed by atoms with Gasteiger partial charge < -0.3 is 20.4 Å². The first-order valence-electron chi connectivity index (χ1n) is 9.18. The Morgan fingerprint density at radius 1 is 0.394 bits per heavy atom. The summed E-state index contributed by atoms with van der Waals surface area (Å²) in [6.07, 6.45) is 23.9. The Balaban J connectivity index is -0.000000105. The summed E-state index contributed by atoms with van der Waals surface area (Å²) in [6, 6.07) is 0. The second-order valence-corrected chi connectivity index (χ2v) is 4.89. The third kappa shape index (κ3) is 73.4. The summed E-state index contributed by atoms with van der Waals surface area (Å²) in [5.74, 6) is -3.66. The van der Waals surface area contributed by atoms with Gasteiger partial charge in [-0.3, -0.25) is 0 Å². The summed E-state index contributed by atoms with van der Waals surface area (Å²) in [6.45, 7) is 7.30. The van der Waals surface area contributed by atoms with Crippen LogP contribution in [0.15, 0.2) is 97.2 Å². The molecule has 0 aliphatic carbocycles. The molecular weight excluding hydrogens is 507 g/mol. The molecular formula is C24H32O8Zr. The Morgan fingerprint density at radius 2 is 0.545 bits per heavy atom. The molecule has 0 unspecified atom stereocenters. The average molecular weight is 540 g/mol. The number of carboxylic acids is 4. The van der Waals surface area contributed by atoms with Gasteiger partial charge in [-0.25, -0.2) is 19.2 Å². The fourth-order valence-corrected chi connectivity index (χ4v) is 0.996. The largest absolute Gasteiger partial charge is 0.478 e. The van der Waals surface area contributed by atoms with Crippen LogP contribution in [0.3, 0.4) is 0 Å². The molecule has 33 heavy (non-hydrogen) atoms. The minimum absolute atomic E-state index is 0. The number of hydrogen-bond acceptors (Lipinski definition) is 4. The molecule has 4 N–H and O–H groups in total. The second-order valence-electron chi connectivity index (χ2n) is 4.89. The van der Waals surface area contributed by atoms with Crippen LogP contribution in [-0.4, -0.2) is 44.3 Å². The molecule has 0 bridgehead atoms. The first kappa shape index (κ1) is 40.1. The molecule has 0 aromatic rings. The second kappa shape index (κ2) is 36.1. The van der Waals surface area contributed by atoms with Gasteiger partial charge in [0.1, 0.15) is 0 Å². The third-order valence-corrected chi connectivity index (χ3v) is 2.17. The number of carbonyl (C=O) groups is 4. The van der Waals surface area contributed by atoms with E-state index in [1.165, 1.54) is 24.3 Å². The van der Waals surface area contributed by atoms with E-state index in [4.69, 9.17) is 20.4 Å². The van der Waals surface area contributed by atoms with Gasteiger partial charge >= 0.3 is 23.9 Å². The zero-order valence-corrected chi connectivity index (χ0v) is 21.6. The van der Waals surface area contributed by atoms with Crippen LogP contribution in [0.2, 0.25) is 0 Å². The topological polar surface area (TPSA) is 149 Å². The van der Waals surface area contributed by atoms with Crippen molar-refractivity contribution < 1.29 is 65.8 Å². The minimum atomic E-state index is -0.914. The van der Waals surface area contributed by atoms with E-state index in [1.54, 1.807) is 48.6 Å². The summed E-state index contributed by atoms with van der Waals surface area (Å²) in [5, 5.41) is 32.1. The van der Waals surface area contributed by atoms with Gasteiger partial charge in [-0.15, -0.1) is 0 Å². The van der Waals surface area contributed by atoms with Crippen LogP contribution in [0.25, 0.3) is 0 Å². The predicted molar refractivity (Wildman–Crippen MR) is 126 cm³/mol. The van der Waals surface area contributed by atoms with E-state index in [1.807, 2.05) is 27.7 Å². The molecule has 0 heterocycles. The Bertz CT molecular complexity index is 624. The summed E-state index contributed by atoms with van der Waals surface area (Å²) in [5.41, 5.74) is 0. The van der Waals surface area contributed by atoms with E-state index in [0.717, 1.165) is 24.3 Å². The van der Waals surface area contributed by atoms with E-state index in [2.05, 4.69) is 0 Å². The summed E-state index contributed by atoms with van der Waals surface area (Å²) in [4.78, 5) is 39.0. The fourth-order valence-electron chi connectivity index (χ4n) is 0.996. The van der Waals surface area contributed by atoms with Gasteiger partial charge in [-0.2, -0.15) is 0 Å². The van der Waals surface area contributed by atoms with Gasteiger partial charge in [0.15, 0.2) is 0 Å². The quantitative estimate of drug-likeness (QED) is 0.254. The maximum absolute atomic E-state index is 9.75. The minimum Gasteiger partial charge on any atom is -0.478 e. The zero-order chi connectivity index (χ0) is 25.6. The molecule has 0 aromatic carbocycles. The summed E-state index contributed by atoms with van der Waals surface area (Å²) >= 11 is 0. The molecule has 9 heteroatoms. The normalized spacial score (nSPS) is 10.8. The Hall–Kier alpha value is -3.32. The maximum Gasteiger partial charge on any atom is 0.328 e. The molecule has 0 spiro atoms. The molecule has 0 saturated heterocycles. The van der Waals surface area contributed by atoms with Crippen LogP contribution >= 0.6 is 0 Å². The van der Waals surface area contributed by atoms with Crippen molar-refractivity contribution in [3.8, 4) is 0 Å². The van der Waals surface area contributed by atoms with Crippen molar-refractivity contribution in [2.75, 3.05) is 0 Å². The molecule has 0 fully saturated rings. The first-order valence-corrected chi connectivity index (χ1v) is 9.18. The van der Waals surface area contributed by atoms with Crippen molar-refractivity contribution in [1.29, 1.82) is 0 Å². The number of hydrogen-bond donors (Lipinski definition) is 4. The molecule has 8 nitrogen and oxygen atoms in total. The van der Waals surface area contributed by atoms with Crippen molar-refractivity contribution in [3.63, 3.8) is 0 Å². The van der Waals surface area contributed by atoms with Crippen LogP contribution in [0, 0.1) is 0 Å². The van der Waals surface area contributed by atoms with Crippen molar-refractivity contribution in [2.45, 2.75) is 27.7 Å². The summed E-state index contributed by atoms with van der Waals surface area (Å²) < 4.78 is 0. The fraction of sp³-hybridized carbons (Fsp3) is 0.167. The molecule has 0 aromatic heterocycles. The van der Waals surface area contributed by atoms with E-state index in [9.17, 15) is 19.2 Å². The van der Waals surface area contributed by atoms with Gasteiger partial charge in [0.2, 0.25) is 0 Å². The number of carboxylic acid groups (broad SMARTS) is 4. The number of aliphatic carboxylic acids is 4. The van der Waals surface area contributed by atoms with Gasteiger partial charge in [-0.05, 0) is 27.7 Å². The van der Waals surface area contributed by atoms with Crippen molar-refractivity contribution >= 4 is 23.9 Å². The van der Waals surface area contributed by atoms with E-state index in [0.29, 0.717) is 0 Å². The van der Waals surface area contributed by atoms with Gasteiger partial charge in [0.25, 0.3) is 0 Å². The SMILES string of the molecule is C/C=C/C=C/C(=O)O.C/C=C/C=C/C(=O)O.C/C=C/C=C/C(=O)O.C/C=C/C=C/C(=O)O.[Zr]. The average Bonchev–Trinajstić information content (AvgIpc) is 2.69. The van der Waals surface area contributed by atoms with E-state index < -0.39 is 23.9 Å². The maximum atomic E-state index is 9.75. The summed E-state index contributed by atoms with van der Waals surface area (Å²) in [7, 11) is 0. The number of allylic oxidation sites excluding steroid dienone is 12. The van der Waals surface area contributed by atoms with Gasteiger partial charge in [-0.1, -0.05) is 72.9 Å².